The Morgan fingerprint density at radius 3 is 2.43 bits per heavy atom. The molecule has 0 aliphatic carbocycles. The third-order valence-corrected chi connectivity index (χ3v) is 2.50. The number of hydrogen-bond acceptors (Lipinski definition) is 1. The average Bonchev–Trinajstić information content (AvgIpc) is 2.15. The van der Waals surface area contributed by atoms with E-state index >= 15 is 0 Å². The minimum absolute atomic E-state index is 0.0248. The highest BCUT2D eigenvalue weighted by atomic mass is 79.9. The van der Waals surface area contributed by atoms with Crippen molar-refractivity contribution in [1.29, 1.82) is 0 Å². The number of carbonyl (C=O) groups is 1. The predicted molar refractivity (Wildman–Crippen MR) is 55.1 cm³/mol. The van der Waals surface area contributed by atoms with Crippen LogP contribution in [0.5, 0.6) is 0 Å². The van der Waals surface area contributed by atoms with E-state index in [4.69, 9.17) is 5.11 Å². The van der Waals surface area contributed by atoms with E-state index in [1.807, 2.05) is 0 Å². The minimum Gasteiger partial charge on any atom is -0.481 e. The lowest BCUT2D eigenvalue weighted by Gasteiger charge is -2.10. The number of hydrogen-bond donors (Lipinski definition) is 1. The summed E-state index contributed by atoms with van der Waals surface area (Å²) in [7, 11) is 0. The molecule has 0 saturated heterocycles. The van der Waals surface area contributed by atoms with E-state index in [-0.39, 0.29) is 6.42 Å². The molecular formula is C10H10BrFO2. The highest BCUT2D eigenvalue weighted by Crippen LogP contribution is 2.22. The molecule has 0 fully saturated rings. The zero-order chi connectivity index (χ0) is 10.6. The fraction of sp³-hybridized carbons (Fsp3) is 0.300. The molecule has 0 heterocycles. The van der Waals surface area contributed by atoms with E-state index in [0.717, 1.165) is 4.47 Å². The summed E-state index contributed by atoms with van der Waals surface area (Å²) in [5.74, 6) is -1.72. The molecule has 14 heavy (non-hydrogen) atoms. The molecule has 1 atom stereocenters. The summed E-state index contributed by atoms with van der Waals surface area (Å²) in [5, 5.41) is 8.85. The molecule has 0 aliphatic heterocycles. The van der Waals surface area contributed by atoms with Gasteiger partial charge in [0.2, 0.25) is 0 Å². The summed E-state index contributed by atoms with van der Waals surface area (Å²) in [4.78, 5) is 10.8. The van der Waals surface area contributed by atoms with Gasteiger partial charge < -0.3 is 5.11 Å². The van der Waals surface area contributed by atoms with Crippen LogP contribution in [0, 0.1) is 0 Å². The Kier molecular flexibility index (Phi) is 4.07. The van der Waals surface area contributed by atoms with Gasteiger partial charge in [0.1, 0.15) is 0 Å². The van der Waals surface area contributed by atoms with E-state index in [1.54, 1.807) is 24.3 Å². The van der Waals surface area contributed by atoms with Crippen LogP contribution in [0.1, 0.15) is 17.9 Å². The summed E-state index contributed by atoms with van der Waals surface area (Å²) < 4.78 is 13.0. The van der Waals surface area contributed by atoms with Crippen molar-refractivity contribution in [3.8, 4) is 0 Å². The minimum atomic E-state index is -0.982. The molecule has 0 aromatic heterocycles. The second-order valence-electron chi connectivity index (χ2n) is 2.92. The quantitative estimate of drug-likeness (QED) is 0.904. The number of rotatable bonds is 4. The first-order chi connectivity index (χ1) is 6.65. The molecule has 1 unspecified atom stereocenters. The molecule has 2 nitrogen and oxygen atoms in total. The van der Waals surface area contributed by atoms with Crippen molar-refractivity contribution in [2.75, 3.05) is 6.67 Å². The van der Waals surface area contributed by atoms with Crippen LogP contribution in [0.15, 0.2) is 28.7 Å². The monoisotopic (exact) mass is 260 g/mol. The van der Waals surface area contributed by atoms with Gasteiger partial charge in [-0.3, -0.25) is 9.18 Å². The van der Waals surface area contributed by atoms with Gasteiger partial charge in [0.25, 0.3) is 0 Å². The highest BCUT2D eigenvalue weighted by Gasteiger charge is 2.18. The van der Waals surface area contributed by atoms with Crippen LogP contribution in [0.3, 0.4) is 0 Å². The topological polar surface area (TPSA) is 37.3 Å². The maximum atomic E-state index is 12.1. The molecule has 4 heteroatoms. The molecular weight excluding hydrogens is 251 g/mol. The first-order valence-electron chi connectivity index (χ1n) is 4.19. The summed E-state index contributed by atoms with van der Waals surface area (Å²) in [5.41, 5.74) is 0.637. The van der Waals surface area contributed by atoms with Crippen LogP contribution in [-0.4, -0.2) is 17.8 Å². The normalized spacial score (nSPS) is 12.4. The van der Waals surface area contributed by atoms with Crippen LogP contribution >= 0.6 is 15.9 Å². The molecule has 0 amide bonds. The number of halogens is 2. The van der Waals surface area contributed by atoms with E-state index in [2.05, 4.69) is 15.9 Å². The Labute approximate surface area is 89.9 Å². The molecule has 0 radical (unpaired) electrons. The molecule has 1 aromatic rings. The first kappa shape index (κ1) is 11.2. The number of carboxylic acids is 1. The van der Waals surface area contributed by atoms with Crippen molar-refractivity contribution in [3.05, 3.63) is 34.3 Å². The number of benzene rings is 1. The van der Waals surface area contributed by atoms with Crippen molar-refractivity contribution < 1.29 is 14.3 Å². The summed E-state index contributed by atoms with van der Waals surface area (Å²) in [6, 6.07) is 6.89. The van der Waals surface area contributed by atoms with Crippen LogP contribution in [-0.2, 0) is 4.79 Å². The molecule has 0 aliphatic rings. The Hall–Kier alpha value is -0.900. The lowest BCUT2D eigenvalue weighted by molar-refractivity contribution is -0.139. The lowest BCUT2D eigenvalue weighted by atomic mass is 9.97. The Bertz CT molecular complexity index is 310. The molecule has 1 N–H and O–H groups in total. The zero-order valence-corrected chi connectivity index (χ0v) is 9.00. The van der Waals surface area contributed by atoms with Gasteiger partial charge in [0, 0.05) is 4.47 Å². The van der Waals surface area contributed by atoms with Gasteiger partial charge in [-0.05, 0) is 24.1 Å². The van der Waals surface area contributed by atoms with Crippen LogP contribution in [0.4, 0.5) is 4.39 Å². The second kappa shape index (κ2) is 5.10. The Balaban J connectivity index is 2.87. The fourth-order valence-electron chi connectivity index (χ4n) is 1.24. The SMILES string of the molecule is O=C(O)C(CCF)c1ccc(Br)cc1. The Morgan fingerprint density at radius 1 is 1.43 bits per heavy atom. The molecule has 1 aromatic carbocycles. The van der Waals surface area contributed by atoms with Crippen LogP contribution < -0.4 is 0 Å². The predicted octanol–water partition coefficient (Wildman–Crippen LogP) is 2.98. The van der Waals surface area contributed by atoms with Gasteiger partial charge in [-0.15, -0.1) is 0 Å². The van der Waals surface area contributed by atoms with Gasteiger partial charge in [-0.1, -0.05) is 28.1 Å². The first-order valence-corrected chi connectivity index (χ1v) is 4.98. The van der Waals surface area contributed by atoms with Gasteiger partial charge in [0.05, 0.1) is 12.6 Å². The van der Waals surface area contributed by atoms with E-state index in [9.17, 15) is 9.18 Å². The smallest absolute Gasteiger partial charge is 0.311 e. The average molecular weight is 261 g/mol. The van der Waals surface area contributed by atoms with Crippen molar-refractivity contribution in [1.82, 2.24) is 0 Å². The van der Waals surface area contributed by atoms with E-state index < -0.39 is 18.6 Å². The van der Waals surface area contributed by atoms with Crippen molar-refractivity contribution in [3.63, 3.8) is 0 Å². The van der Waals surface area contributed by atoms with E-state index in [1.165, 1.54) is 0 Å². The molecule has 76 valence electrons. The largest absolute Gasteiger partial charge is 0.481 e. The van der Waals surface area contributed by atoms with Gasteiger partial charge in [-0.2, -0.15) is 0 Å². The summed E-state index contributed by atoms with van der Waals surface area (Å²) in [6.45, 7) is -0.618. The van der Waals surface area contributed by atoms with Gasteiger partial charge >= 0.3 is 5.97 Å². The molecule has 0 spiro atoms. The maximum Gasteiger partial charge on any atom is 0.311 e. The number of alkyl halides is 1. The molecule has 0 saturated carbocycles. The van der Waals surface area contributed by atoms with Crippen molar-refractivity contribution in [2.24, 2.45) is 0 Å². The zero-order valence-electron chi connectivity index (χ0n) is 7.41. The third kappa shape index (κ3) is 2.80. The maximum absolute atomic E-state index is 12.1. The summed E-state index contributed by atoms with van der Waals surface area (Å²) >= 11 is 3.25. The third-order valence-electron chi connectivity index (χ3n) is 1.97. The molecule has 0 bridgehead atoms. The van der Waals surface area contributed by atoms with E-state index in [0.29, 0.717) is 5.56 Å². The fourth-order valence-corrected chi connectivity index (χ4v) is 1.50. The number of aliphatic carboxylic acids is 1. The second-order valence-corrected chi connectivity index (χ2v) is 3.84. The Morgan fingerprint density at radius 2 is 2.00 bits per heavy atom. The van der Waals surface area contributed by atoms with Gasteiger partial charge in [-0.25, -0.2) is 0 Å². The van der Waals surface area contributed by atoms with Crippen LogP contribution in [0.2, 0.25) is 0 Å². The van der Waals surface area contributed by atoms with Gasteiger partial charge in [0.15, 0.2) is 0 Å². The van der Waals surface area contributed by atoms with Crippen molar-refractivity contribution in [2.45, 2.75) is 12.3 Å². The standard InChI is InChI=1S/C10H10BrFO2/c11-8-3-1-7(2-4-8)9(5-6-12)10(13)14/h1-4,9H,5-6H2,(H,13,14). The lowest BCUT2D eigenvalue weighted by Crippen LogP contribution is -2.12. The van der Waals surface area contributed by atoms with Crippen LogP contribution in [0.25, 0.3) is 0 Å². The molecule has 1 rings (SSSR count). The highest BCUT2D eigenvalue weighted by molar-refractivity contribution is 9.10. The number of carboxylic acid groups (broad SMARTS) is 1. The van der Waals surface area contributed by atoms with Crippen molar-refractivity contribution >= 4 is 21.9 Å². The summed E-state index contributed by atoms with van der Waals surface area (Å²) in [6.07, 6.45) is 0.0248.